The van der Waals surface area contributed by atoms with Crippen molar-refractivity contribution >= 4 is 23.5 Å². The Labute approximate surface area is 217 Å². The minimum absolute atomic E-state index is 0.0896. The van der Waals surface area contributed by atoms with Gasteiger partial charge in [-0.05, 0) is 45.6 Å². The molecule has 0 aromatic carbocycles. The van der Waals surface area contributed by atoms with Crippen LogP contribution in [0.25, 0.3) is 16.9 Å². The van der Waals surface area contributed by atoms with Crippen LogP contribution >= 0.6 is 0 Å². The van der Waals surface area contributed by atoms with E-state index in [-0.39, 0.29) is 11.7 Å². The quantitative estimate of drug-likeness (QED) is 0.332. The Kier molecular flexibility index (Phi) is 5.94. The number of aromatic nitrogens is 7. The lowest BCUT2D eigenvalue weighted by Gasteiger charge is -2.18. The van der Waals surface area contributed by atoms with Crippen molar-refractivity contribution in [2.45, 2.75) is 69.8 Å². The van der Waals surface area contributed by atoms with Gasteiger partial charge in [-0.1, -0.05) is 0 Å². The van der Waals surface area contributed by atoms with Crippen molar-refractivity contribution in [1.82, 2.24) is 39.7 Å². The maximum absolute atomic E-state index is 15.2. The number of rotatable bonds is 7. The molecule has 2 fully saturated rings. The van der Waals surface area contributed by atoms with Crippen molar-refractivity contribution in [1.29, 1.82) is 5.26 Å². The van der Waals surface area contributed by atoms with Gasteiger partial charge in [-0.15, -0.1) is 0 Å². The van der Waals surface area contributed by atoms with Gasteiger partial charge in [-0.2, -0.15) is 15.5 Å². The van der Waals surface area contributed by atoms with Gasteiger partial charge in [-0.25, -0.2) is 19.2 Å². The van der Waals surface area contributed by atoms with Crippen LogP contribution in [-0.4, -0.2) is 58.8 Å². The van der Waals surface area contributed by atoms with Crippen LogP contribution in [0.1, 0.15) is 62.9 Å². The molecule has 0 unspecified atom stereocenters. The molecule has 0 bridgehead atoms. The fourth-order valence-electron chi connectivity index (χ4n) is 4.93. The molecule has 13 heteroatoms. The van der Waals surface area contributed by atoms with Crippen molar-refractivity contribution in [2.24, 2.45) is 0 Å². The number of nitriles is 1. The molecular weight excluding hydrogens is 491 g/mol. The number of aromatic amines is 1. The van der Waals surface area contributed by atoms with Crippen molar-refractivity contribution < 1.29 is 13.9 Å². The first kappa shape index (κ1) is 23.9. The first-order valence-electron chi connectivity index (χ1n) is 12.7. The highest BCUT2D eigenvalue weighted by Crippen LogP contribution is 2.40. The molecule has 196 valence electrons. The van der Waals surface area contributed by atoms with Gasteiger partial charge >= 0.3 is 6.09 Å². The molecular formula is C25H27FN10O2. The summed E-state index contributed by atoms with van der Waals surface area (Å²) in [6.07, 6.45) is 5.38. The van der Waals surface area contributed by atoms with Crippen molar-refractivity contribution in [3.63, 3.8) is 0 Å². The van der Waals surface area contributed by atoms with E-state index in [4.69, 9.17) is 4.74 Å². The highest BCUT2D eigenvalue weighted by molar-refractivity contribution is 5.77. The van der Waals surface area contributed by atoms with E-state index in [0.29, 0.717) is 42.0 Å². The number of hydrogen-bond donors (Lipinski definition) is 3. The Hall–Kier alpha value is -4.47. The summed E-state index contributed by atoms with van der Waals surface area (Å²) >= 11 is 0. The average molecular weight is 519 g/mol. The lowest BCUT2D eigenvalue weighted by molar-refractivity contribution is 0.0555. The van der Waals surface area contributed by atoms with Gasteiger partial charge in [0.25, 0.3) is 0 Å². The number of alkyl halides is 1. The first-order chi connectivity index (χ1) is 18.4. The molecule has 4 heterocycles. The van der Waals surface area contributed by atoms with Gasteiger partial charge in [0.2, 0.25) is 5.95 Å². The molecule has 4 aromatic heterocycles. The maximum Gasteiger partial charge on any atom is 0.407 e. The summed E-state index contributed by atoms with van der Waals surface area (Å²) in [5, 5.41) is 26.9. The number of fused-ring (bicyclic) bond motifs is 1. The number of nitrogens with one attached hydrogen (secondary N) is 3. The summed E-state index contributed by atoms with van der Waals surface area (Å²) in [6.45, 7) is 3.63. The fraction of sp³-hybridized carbons (Fsp3) is 0.440. The predicted molar refractivity (Wildman–Crippen MR) is 134 cm³/mol. The van der Waals surface area contributed by atoms with E-state index in [1.54, 1.807) is 29.1 Å². The van der Waals surface area contributed by atoms with Crippen LogP contribution in [0.4, 0.5) is 21.0 Å². The van der Waals surface area contributed by atoms with Gasteiger partial charge in [0.05, 0.1) is 23.5 Å². The van der Waals surface area contributed by atoms with Gasteiger partial charge < -0.3 is 15.4 Å². The van der Waals surface area contributed by atoms with E-state index in [0.717, 1.165) is 24.1 Å². The molecule has 2 aliphatic carbocycles. The van der Waals surface area contributed by atoms with Crippen LogP contribution in [-0.2, 0) is 4.74 Å². The number of imidazole rings is 1. The number of ether oxygens (including phenoxy) is 1. The molecule has 3 atom stereocenters. The molecule has 4 aromatic rings. The largest absolute Gasteiger partial charge is 0.443 e. The Balaban J connectivity index is 1.23. The van der Waals surface area contributed by atoms with E-state index in [1.807, 2.05) is 24.6 Å². The zero-order valence-electron chi connectivity index (χ0n) is 20.9. The predicted octanol–water partition coefficient (Wildman–Crippen LogP) is 3.98. The number of carbonyl (C=O) groups is 1. The molecule has 3 N–H and O–H groups in total. The highest BCUT2D eigenvalue weighted by atomic mass is 19.1. The molecule has 0 radical (unpaired) electrons. The van der Waals surface area contributed by atoms with E-state index >= 15 is 4.39 Å². The van der Waals surface area contributed by atoms with Gasteiger partial charge in [0, 0.05) is 36.1 Å². The lowest BCUT2D eigenvalue weighted by Crippen LogP contribution is -2.36. The van der Waals surface area contributed by atoms with Crippen LogP contribution in [0.2, 0.25) is 0 Å². The van der Waals surface area contributed by atoms with E-state index in [1.165, 1.54) is 0 Å². The molecule has 1 amide bonds. The van der Waals surface area contributed by atoms with Crippen LogP contribution in [0.15, 0.2) is 30.7 Å². The molecule has 6 rings (SSSR count). The van der Waals surface area contributed by atoms with Crippen molar-refractivity contribution in [3.05, 3.63) is 42.1 Å². The number of H-pyrrole nitrogens is 1. The Morgan fingerprint density at radius 2 is 2.16 bits per heavy atom. The summed E-state index contributed by atoms with van der Waals surface area (Å²) < 4.78 is 24.1. The third-order valence-corrected chi connectivity index (χ3v) is 6.85. The summed E-state index contributed by atoms with van der Waals surface area (Å²) in [5.74, 6) is 0.361. The number of halogens is 1. The number of alkyl carbamates (subject to hydrolysis) is 1. The minimum atomic E-state index is -1.35. The van der Waals surface area contributed by atoms with Crippen LogP contribution < -0.4 is 10.6 Å². The van der Waals surface area contributed by atoms with E-state index < -0.39 is 24.3 Å². The minimum Gasteiger partial charge on any atom is -0.443 e. The summed E-state index contributed by atoms with van der Waals surface area (Å²) in [7, 11) is 0. The summed E-state index contributed by atoms with van der Waals surface area (Å²) in [6, 6.07) is 6.01. The number of amides is 1. The molecule has 2 saturated carbocycles. The second-order valence-electron chi connectivity index (χ2n) is 10.0. The maximum atomic E-state index is 15.2. The number of hydrogen-bond acceptors (Lipinski definition) is 8. The fourth-order valence-corrected chi connectivity index (χ4v) is 4.93. The standard InChI is InChI=1S/C25H27FN10O2/c1-13(2)30-25(37)38-20-6-5-16(22(20)26)18-9-21(34-33-18)32-24-28-11-17(23-31-14(10-27)12-35(23)24)19-7-8-29-36(19)15-3-4-15/h7-9,11-13,15-16,20,22H,3-6H2,1-2H3,(H,30,37)(H2,28,32,33,34)/t16-,20-,22-/m0/s1. The summed E-state index contributed by atoms with van der Waals surface area (Å²) in [5.41, 5.74) is 3.07. The van der Waals surface area contributed by atoms with Gasteiger partial charge in [0.1, 0.15) is 18.3 Å². The van der Waals surface area contributed by atoms with E-state index in [9.17, 15) is 10.1 Å². The molecule has 12 nitrogen and oxygen atoms in total. The monoisotopic (exact) mass is 518 g/mol. The Morgan fingerprint density at radius 3 is 2.92 bits per heavy atom. The van der Waals surface area contributed by atoms with Crippen molar-refractivity contribution in [3.8, 4) is 17.3 Å². The summed E-state index contributed by atoms with van der Waals surface area (Å²) in [4.78, 5) is 21.0. The Bertz CT molecular complexity index is 1530. The zero-order valence-corrected chi connectivity index (χ0v) is 20.9. The SMILES string of the molecule is CC(C)NC(=O)O[C@H]1CC[C@@H](c2cc(Nc3ncc(-c4ccnn4C4CC4)c4nc(C#N)cn34)n[nH]2)[C@@H]1F. The van der Waals surface area contributed by atoms with Gasteiger partial charge in [-0.3, -0.25) is 14.2 Å². The smallest absolute Gasteiger partial charge is 0.407 e. The second kappa shape index (κ2) is 9.44. The number of carbonyl (C=O) groups excluding carboxylic acids is 1. The van der Waals surface area contributed by atoms with Crippen LogP contribution in [0, 0.1) is 11.3 Å². The average Bonchev–Trinajstić information content (AvgIpc) is 3.25. The molecule has 38 heavy (non-hydrogen) atoms. The molecule has 0 spiro atoms. The highest BCUT2D eigenvalue weighted by Gasteiger charge is 2.41. The number of nitrogens with zero attached hydrogens (tertiary/aromatic N) is 7. The normalized spacial score (nSPS) is 21.1. The molecule has 0 aliphatic heterocycles. The topological polar surface area (TPSA) is 151 Å². The van der Waals surface area contributed by atoms with Crippen molar-refractivity contribution in [2.75, 3.05) is 5.32 Å². The zero-order chi connectivity index (χ0) is 26.4. The molecule has 2 aliphatic rings. The second-order valence-corrected chi connectivity index (χ2v) is 10.0. The third-order valence-electron chi connectivity index (χ3n) is 6.85. The van der Waals surface area contributed by atoms with Gasteiger partial charge in [0.15, 0.2) is 17.2 Å². The molecule has 0 saturated heterocycles. The van der Waals surface area contributed by atoms with Crippen LogP contribution in [0.5, 0.6) is 0 Å². The number of anilines is 2. The van der Waals surface area contributed by atoms with E-state index in [2.05, 4.69) is 42.0 Å². The van der Waals surface area contributed by atoms with Crippen LogP contribution in [0.3, 0.4) is 0 Å². The Morgan fingerprint density at radius 1 is 1.32 bits per heavy atom. The first-order valence-corrected chi connectivity index (χ1v) is 12.7. The lowest BCUT2D eigenvalue weighted by atomic mass is 10.0. The third kappa shape index (κ3) is 4.42.